The monoisotopic (exact) mass is 408 g/mol. The van der Waals surface area contributed by atoms with Gasteiger partial charge in [0.1, 0.15) is 5.75 Å². The van der Waals surface area contributed by atoms with Crippen molar-refractivity contribution in [2.75, 3.05) is 26.2 Å². The molecule has 0 unspecified atom stereocenters. The maximum atomic E-state index is 12.6. The maximum Gasteiger partial charge on any atom is 0.573 e. The van der Waals surface area contributed by atoms with Gasteiger partial charge in [0, 0.05) is 32.6 Å². The summed E-state index contributed by atoms with van der Waals surface area (Å²) in [4.78, 5) is 13.8. The fraction of sp³-hybridized carbons (Fsp3) is 0.588. The molecule has 1 aliphatic rings. The Labute approximate surface area is 156 Å². The zero-order valence-electron chi connectivity index (χ0n) is 15.4. The minimum atomic E-state index is -4.84. The van der Waals surface area contributed by atoms with E-state index in [1.807, 2.05) is 20.8 Å². The van der Waals surface area contributed by atoms with Gasteiger partial charge in [-0.1, -0.05) is 20.8 Å². The Hall–Kier alpha value is -1.81. The van der Waals surface area contributed by atoms with E-state index < -0.39 is 22.1 Å². The number of nitrogens with zero attached hydrogens (tertiary/aromatic N) is 2. The first-order valence-corrected chi connectivity index (χ1v) is 9.86. The Morgan fingerprint density at radius 1 is 1.04 bits per heavy atom. The van der Waals surface area contributed by atoms with Gasteiger partial charge in [-0.3, -0.25) is 4.79 Å². The number of carbonyl (C=O) groups excluding carboxylic acids is 1. The van der Waals surface area contributed by atoms with Gasteiger partial charge in [0.05, 0.1) is 4.90 Å². The molecule has 0 bridgehead atoms. The summed E-state index contributed by atoms with van der Waals surface area (Å²) in [7, 11) is -3.85. The summed E-state index contributed by atoms with van der Waals surface area (Å²) in [5.41, 5.74) is -0.152. The van der Waals surface area contributed by atoms with Gasteiger partial charge in [-0.25, -0.2) is 8.42 Å². The van der Waals surface area contributed by atoms with E-state index in [2.05, 4.69) is 4.74 Å². The summed E-state index contributed by atoms with van der Waals surface area (Å²) in [5, 5.41) is 0. The van der Waals surface area contributed by atoms with Gasteiger partial charge in [0.15, 0.2) is 0 Å². The number of hydrogen-bond acceptors (Lipinski definition) is 4. The van der Waals surface area contributed by atoms with Gasteiger partial charge in [-0.05, 0) is 29.7 Å². The summed E-state index contributed by atoms with van der Waals surface area (Å²) in [6.07, 6.45) is -4.46. The molecule has 0 N–H and O–H groups in total. The molecule has 0 atom stereocenters. The van der Waals surface area contributed by atoms with Crippen LogP contribution in [0, 0.1) is 5.41 Å². The normalized spacial score (nSPS) is 17.0. The van der Waals surface area contributed by atoms with Crippen LogP contribution in [0.5, 0.6) is 5.75 Å². The number of halogens is 3. The first-order valence-electron chi connectivity index (χ1n) is 8.42. The van der Waals surface area contributed by atoms with Crippen LogP contribution in [0.15, 0.2) is 29.2 Å². The maximum absolute atomic E-state index is 12.6. The molecule has 10 heteroatoms. The van der Waals surface area contributed by atoms with Crippen LogP contribution >= 0.6 is 0 Å². The molecule has 1 aromatic rings. The van der Waals surface area contributed by atoms with E-state index in [-0.39, 0.29) is 42.4 Å². The van der Waals surface area contributed by atoms with Gasteiger partial charge in [0.25, 0.3) is 0 Å². The lowest BCUT2D eigenvalue weighted by molar-refractivity contribution is -0.274. The Bertz CT molecular complexity index is 763. The van der Waals surface area contributed by atoms with Gasteiger partial charge >= 0.3 is 6.36 Å². The molecule has 1 amide bonds. The fourth-order valence-corrected chi connectivity index (χ4v) is 4.13. The molecule has 0 spiro atoms. The highest BCUT2D eigenvalue weighted by Gasteiger charge is 2.33. The molecule has 27 heavy (non-hydrogen) atoms. The van der Waals surface area contributed by atoms with Crippen LogP contribution in [0.25, 0.3) is 0 Å². The van der Waals surface area contributed by atoms with Crippen LogP contribution in [0.2, 0.25) is 0 Å². The second kappa shape index (κ2) is 7.67. The molecule has 1 fully saturated rings. The highest BCUT2D eigenvalue weighted by Crippen LogP contribution is 2.26. The van der Waals surface area contributed by atoms with Crippen LogP contribution in [0.4, 0.5) is 13.2 Å². The van der Waals surface area contributed by atoms with Crippen LogP contribution < -0.4 is 4.74 Å². The van der Waals surface area contributed by atoms with Crippen molar-refractivity contribution in [2.45, 2.75) is 38.4 Å². The molecule has 1 aromatic carbocycles. The molecule has 1 aliphatic heterocycles. The Morgan fingerprint density at radius 2 is 1.56 bits per heavy atom. The van der Waals surface area contributed by atoms with Crippen molar-refractivity contribution < 1.29 is 31.1 Å². The number of sulfonamides is 1. The minimum Gasteiger partial charge on any atom is -0.406 e. The summed E-state index contributed by atoms with van der Waals surface area (Å²) < 4.78 is 66.8. The Balaban J connectivity index is 2.01. The van der Waals surface area contributed by atoms with Gasteiger partial charge in [-0.15, -0.1) is 13.2 Å². The lowest BCUT2D eigenvalue weighted by Crippen LogP contribution is -2.50. The van der Waals surface area contributed by atoms with Crippen molar-refractivity contribution in [3.05, 3.63) is 24.3 Å². The molecular formula is C17H23F3N2O4S. The van der Waals surface area contributed by atoms with Crippen molar-refractivity contribution in [2.24, 2.45) is 5.41 Å². The molecule has 0 aliphatic carbocycles. The average molecular weight is 408 g/mol. The molecule has 0 saturated carbocycles. The molecule has 1 heterocycles. The first kappa shape index (κ1) is 21.5. The van der Waals surface area contributed by atoms with Crippen molar-refractivity contribution >= 4 is 15.9 Å². The van der Waals surface area contributed by atoms with Crippen molar-refractivity contribution in [1.82, 2.24) is 9.21 Å². The lowest BCUT2D eigenvalue weighted by atomic mass is 9.91. The standard InChI is InChI=1S/C17H23F3N2O4S/c1-16(2,3)12-15(23)21-8-10-22(11-9-21)27(24,25)14-6-4-13(5-7-14)26-17(18,19)20/h4-7H,8-12H2,1-3H3. The van der Waals surface area contributed by atoms with Crippen molar-refractivity contribution in [3.63, 3.8) is 0 Å². The van der Waals surface area contributed by atoms with Gasteiger partial charge < -0.3 is 9.64 Å². The molecule has 1 saturated heterocycles. The van der Waals surface area contributed by atoms with E-state index in [9.17, 15) is 26.4 Å². The fourth-order valence-electron chi connectivity index (χ4n) is 2.71. The summed E-state index contributed by atoms with van der Waals surface area (Å²) in [5.74, 6) is -0.507. The predicted molar refractivity (Wildman–Crippen MR) is 92.5 cm³/mol. The Morgan fingerprint density at radius 3 is 2.00 bits per heavy atom. The third-order valence-corrected chi connectivity index (χ3v) is 5.88. The number of piperazine rings is 1. The largest absolute Gasteiger partial charge is 0.573 e. The number of amides is 1. The zero-order chi connectivity index (χ0) is 20.5. The number of carbonyl (C=O) groups is 1. The summed E-state index contributed by atoms with van der Waals surface area (Å²) >= 11 is 0. The smallest absolute Gasteiger partial charge is 0.406 e. The second-order valence-electron chi connectivity index (χ2n) is 7.54. The third-order valence-electron chi connectivity index (χ3n) is 3.97. The number of hydrogen-bond donors (Lipinski definition) is 0. The molecule has 6 nitrogen and oxygen atoms in total. The SMILES string of the molecule is CC(C)(C)CC(=O)N1CCN(S(=O)(=O)c2ccc(OC(F)(F)F)cc2)CC1. The molecule has 2 rings (SSSR count). The third kappa shape index (κ3) is 6.10. The molecule has 0 aromatic heterocycles. The van der Waals surface area contributed by atoms with Crippen molar-refractivity contribution in [3.8, 4) is 5.75 Å². The number of benzene rings is 1. The van der Waals surface area contributed by atoms with Crippen LogP contribution in [0.3, 0.4) is 0 Å². The Kier molecular flexibility index (Phi) is 6.10. The van der Waals surface area contributed by atoms with E-state index >= 15 is 0 Å². The first-order chi connectivity index (χ1) is 12.3. The number of ether oxygens (including phenoxy) is 1. The number of rotatable bonds is 4. The topological polar surface area (TPSA) is 66.9 Å². The molecule has 0 radical (unpaired) electrons. The highest BCUT2D eigenvalue weighted by atomic mass is 32.2. The van der Waals surface area contributed by atoms with Crippen LogP contribution in [0.1, 0.15) is 27.2 Å². The van der Waals surface area contributed by atoms with E-state index in [4.69, 9.17) is 0 Å². The minimum absolute atomic E-state index is 0.0202. The van der Waals surface area contributed by atoms with E-state index in [0.29, 0.717) is 6.42 Å². The summed E-state index contributed by atoms with van der Waals surface area (Å²) in [6.45, 7) is 6.71. The second-order valence-corrected chi connectivity index (χ2v) is 9.48. The van der Waals surface area contributed by atoms with E-state index in [1.54, 1.807) is 4.90 Å². The number of alkyl halides is 3. The quantitative estimate of drug-likeness (QED) is 0.769. The summed E-state index contributed by atoms with van der Waals surface area (Å²) in [6, 6.07) is 4.08. The highest BCUT2D eigenvalue weighted by molar-refractivity contribution is 7.89. The lowest BCUT2D eigenvalue weighted by Gasteiger charge is -2.35. The van der Waals surface area contributed by atoms with Crippen molar-refractivity contribution in [1.29, 1.82) is 0 Å². The molecular weight excluding hydrogens is 385 g/mol. The van der Waals surface area contributed by atoms with E-state index in [0.717, 1.165) is 24.3 Å². The van der Waals surface area contributed by atoms with E-state index in [1.165, 1.54) is 4.31 Å². The molecule has 152 valence electrons. The zero-order valence-corrected chi connectivity index (χ0v) is 16.2. The average Bonchev–Trinajstić information content (AvgIpc) is 2.52. The predicted octanol–water partition coefficient (Wildman–Crippen LogP) is 2.85. The van der Waals surface area contributed by atoms with Crippen LogP contribution in [-0.4, -0.2) is 56.1 Å². The van der Waals surface area contributed by atoms with Gasteiger partial charge in [0.2, 0.25) is 15.9 Å². The van der Waals surface area contributed by atoms with Crippen LogP contribution in [-0.2, 0) is 14.8 Å². The van der Waals surface area contributed by atoms with Gasteiger partial charge in [-0.2, -0.15) is 4.31 Å².